The Bertz CT molecular complexity index is 103. The third kappa shape index (κ3) is 1.13. The summed E-state index contributed by atoms with van der Waals surface area (Å²) in [5, 5.41) is 5.48. The van der Waals surface area contributed by atoms with Crippen molar-refractivity contribution in [2.24, 2.45) is 5.10 Å². The summed E-state index contributed by atoms with van der Waals surface area (Å²) in [5.41, 5.74) is 0. The van der Waals surface area contributed by atoms with E-state index in [2.05, 4.69) is 11.3 Å². The first-order chi connectivity index (χ1) is 3.83. The van der Waals surface area contributed by atoms with Crippen molar-refractivity contribution in [3.05, 3.63) is 6.54 Å². The van der Waals surface area contributed by atoms with Gasteiger partial charge in [-0.05, 0) is 6.92 Å². The summed E-state index contributed by atoms with van der Waals surface area (Å²) >= 11 is 5.58. The van der Waals surface area contributed by atoms with Crippen LogP contribution in [0.3, 0.4) is 0 Å². The summed E-state index contributed by atoms with van der Waals surface area (Å²) in [4.78, 5) is 0. The van der Waals surface area contributed by atoms with Gasteiger partial charge in [0.15, 0.2) is 0 Å². The van der Waals surface area contributed by atoms with Gasteiger partial charge in [0.1, 0.15) is 11.6 Å². The Morgan fingerprint density at radius 2 is 2.75 bits per heavy atom. The van der Waals surface area contributed by atoms with Gasteiger partial charge in [-0.2, -0.15) is 5.10 Å². The van der Waals surface area contributed by atoms with Crippen LogP contribution in [0.25, 0.3) is 0 Å². The monoisotopic (exact) mass is 130 g/mol. The SMILES string of the molecule is CCN1[CH]C(Cl)[C]=N1. The first-order valence-electron chi connectivity index (χ1n) is 2.55. The van der Waals surface area contributed by atoms with Crippen LogP contribution >= 0.6 is 11.6 Å². The van der Waals surface area contributed by atoms with E-state index in [9.17, 15) is 0 Å². The molecule has 1 aliphatic heterocycles. The van der Waals surface area contributed by atoms with Crippen molar-refractivity contribution in [1.29, 1.82) is 0 Å². The first kappa shape index (κ1) is 5.89. The van der Waals surface area contributed by atoms with Crippen LogP contribution in [0.15, 0.2) is 5.10 Å². The van der Waals surface area contributed by atoms with Crippen LogP contribution in [0.1, 0.15) is 6.92 Å². The third-order valence-electron chi connectivity index (χ3n) is 0.936. The number of nitrogens with zero attached hydrogens (tertiary/aromatic N) is 2. The van der Waals surface area contributed by atoms with E-state index in [-0.39, 0.29) is 5.38 Å². The largest absolute Gasteiger partial charge is 0.290 e. The molecule has 0 N–H and O–H groups in total. The predicted molar refractivity (Wildman–Crippen MR) is 33.8 cm³/mol. The molecular formula is C5H7ClN2. The lowest BCUT2D eigenvalue weighted by Crippen LogP contribution is -2.11. The summed E-state index contributed by atoms with van der Waals surface area (Å²) < 4.78 is 0. The minimum absolute atomic E-state index is 0.116. The van der Waals surface area contributed by atoms with Gasteiger partial charge < -0.3 is 0 Å². The number of hydrazone groups is 1. The fourth-order valence-electron chi connectivity index (χ4n) is 0.523. The lowest BCUT2D eigenvalue weighted by Gasteiger charge is -2.07. The van der Waals surface area contributed by atoms with Gasteiger partial charge in [-0.1, -0.05) is 0 Å². The van der Waals surface area contributed by atoms with E-state index < -0.39 is 0 Å². The fourth-order valence-corrected chi connectivity index (χ4v) is 0.697. The molecule has 0 aromatic carbocycles. The van der Waals surface area contributed by atoms with E-state index in [1.165, 1.54) is 0 Å². The second kappa shape index (κ2) is 2.35. The molecule has 1 unspecified atom stereocenters. The maximum absolute atomic E-state index is 5.58. The van der Waals surface area contributed by atoms with Gasteiger partial charge >= 0.3 is 0 Å². The molecule has 0 amide bonds. The average molecular weight is 131 g/mol. The Labute approximate surface area is 54.1 Å². The predicted octanol–water partition coefficient (Wildman–Crippen LogP) is 0.954. The molecule has 3 heteroatoms. The van der Waals surface area contributed by atoms with Gasteiger partial charge in [-0.3, -0.25) is 5.01 Å². The van der Waals surface area contributed by atoms with Gasteiger partial charge in [-0.15, -0.1) is 11.6 Å². The highest BCUT2D eigenvalue weighted by Crippen LogP contribution is 2.09. The first-order valence-corrected chi connectivity index (χ1v) is 2.98. The number of halogens is 1. The molecule has 0 fully saturated rings. The molecule has 0 aromatic rings. The smallest absolute Gasteiger partial charge is 0.105 e. The molecule has 0 aliphatic carbocycles. The summed E-state index contributed by atoms with van der Waals surface area (Å²) in [7, 11) is 0. The molecule has 0 spiro atoms. The molecule has 0 saturated carbocycles. The maximum atomic E-state index is 5.58. The minimum atomic E-state index is -0.116. The van der Waals surface area contributed by atoms with Crippen LogP contribution in [0.4, 0.5) is 0 Å². The van der Waals surface area contributed by atoms with Gasteiger partial charge in [0, 0.05) is 6.54 Å². The topological polar surface area (TPSA) is 15.6 Å². The van der Waals surface area contributed by atoms with E-state index in [1.807, 2.05) is 13.5 Å². The molecule has 8 heavy (non-hydrogen) atoms. The molecule has 0 bridgehead atoms. The molecule has 1 rings (SSSR count). The molecule has 1 atom stereocenters. The van der Waals surface area contributed by atoms with Gasteiger partial charge in [-0.25, -0.2) is 0 Å². The highest BCUT2D eigenvalue weighted by atomic mass is 35.5. The molecule has 1 aliphatic rings. The molecule has 0 saturated heterocycles. The van der Waals surface area contributed by atoms with E-state index in [0.29, 0.717) is 0 Å². The molecule has 1 heterocycles. The van der Waals surface area contributed by atoms with Crippen LogP contribution in [-0.4, -0.2) is 23.1 Å². The number of rotatable bonds is 1. The van der Waals surface area contributed by atoms with Crippen molar-refractivity contribution in [1.82, 2.24) is 5.01 Å². The zero-order valence-electron chi connectivity index (χ0n) is 4.63. The second-order valence-corrected chi connectivity index (χ2v) is 2.01. The number of alkyl halides is 1. The summed E-state index contributed by atoms with van der Waals surface area (Å²) in [5.74, 6) is 0. The quantitative estimate of drug-likeness (QED) is 0.483. The average Bonchev–Trinajstić information content (AvgIpc) is 2.14. The molecular weight excluding hydrogens is 124 g/mol. The van der Waals surface area contributed by atoms with Crippen molar-refractivity contribution in [2.45, 2.75) is 12.3 Å². The normalized spacial score (nSPS) is 27.2. The highest BCUT2D eigenvalue weighted by molar-refractivity contribution is 6.29. The summed E-state index contributed by atoms with van der Waals surface area (Å²) in [6.07, 6.45) is 2.68. The van der Waals surface area contributed by atoms with Crippen molar-refractivity contribution in [2.75, 3.05) is 6.54 Å². The van der Waals surface area contributed by atoms with Crippen molar-refractivity contribution in [3.63, 3.8) is 0 Å². The third-order valence-corrected chi connectivity index (χ3v) is 1.15. The van der Waals surface area contributed by atoms with Crippen LogP contribution in [0, 0.1) is 6.54 Å². The second-order valence-electron chi connectivity index (χ2n) is 1.54. The Morgan fingerprint density at radius 1 is 2.00 bits per heavy atom. The zero-order valence-corrected chi connectivity index (χ0v) is 5.39. The van der Waals surface area contributed by atoms with Gasteiger partial charge in [0.25, 0.3) is 0 Å². The maximum Gasteiger partial charge on any atom is 0.105 e. The van der Waals surface area contributed by atoms with E-state index in [1.54, 1.807) is 5.01 Å². The van der Waals surface area contributed by atoms with Crippen molar-refractivity contribution < 1.29 is 0 Å². The summed E-state index contributed by atoms with van der Waals surface area (Å²) in [6.45, 7) is 4.70. The zero-order chi connectivity index (χ0) is 5.98. The van der Waals surface area contributed by atoms with Crippen LogP contribution in [0.2, 0.25) is 0 Å². The van der Waals surface area contributed by atoms with Crippen molar-refractivity contribution >= 4 is 17.8 Å². The van der Waals surface area contributed by atoms with Gasteiger partial charge in [0.05, 0.1) is 6.54 Å². The molecule has 2 radical (unpaired) electrons. The Kier molecular flexibility index (Phi) is 1.73. The Hall–Kier alpha value is -0.240. The van der Waals surface area contributed by atoms with Crippen LogP contribution in [-0.2, 0) is 0 Å². The number of hydrogen-bond donors (Lipinski definition) is 0. The van der Waals surface area contributed by atoms with Crippen LogP contribution < -0.4 is 0 Å². The van der Waals surface area contributed by atoms with Gasteiger partial charge in [0.2, 0.25) is 0 Å². The van der Waals surface area contributed by atoms with E-state index in [4.69, 9.17) is 11.6 Å². The minimum Gasteiger partial charge on any atom is -0.290 e. The molecule has 44 valence electrons. The summed E-state index contributed by atoms with van der Waals surface area (Å²) in [6, 6.07) is 0. The lowest BCUT2D eigenvalue weighted by atomic mass is 10.5. The van der Waals surface area contributed by atoms with E-state index >= 15 is 0 Å². The molecule has 2 nitrogen and oxygen atoms in total. The Morgan fingerprint density at radius 3 is 3.00 bits per heavy atom. The highest BCUT2D eigenvalue weighted by Gasteiger charge is 2.13. The molecule has 0 aromatic heterocycles. The van der Waals surface area contributed by atoms with E-state index in [0.717, 1.165) is 6.54 Å². The number of hydrogen-bond acceptors (Lipinski definition) is 2. The van der Waals surface area contributed by atoms with Crippen molar-refractivity contribution in [3.8, 4) is 0 Å². The Balaban J connectivity index is 2.34. The standard InChI is InChI=1S/C5H7ClN2/c1-2-8-4-5(6)3-7-8/h4-5H,2H2,1H3. The van der Waals surface area contributed by atoms with Crippen LogP contribution in [0.5, 0.6) is 0 Å². The fraction of sp³-hybridized carbons (Fsp3) is 0.600. The lowest BCUT2D eigenvalue weighted by molar-refractivity contribution is 0.393.